The van der Waals surface area contributed by atoms with Crippen LogP contribution >= 0.6 is 0 Å². The number of fused-ring (bicyclic) bond motifs is 1. The molecule has 0 saturated heterocycles. The number of hydrogen-bond acceptors (Lipinski definition) is 3. The molecule has 1 aromatic heterocycles. The highest BCUT2D eigenvalue weighted by Crippen LogP contribution is 2.19. The van der Waals surface area contributed by atoms with Gasteiger partial charge in [0.25, 0.3) is 0 Å². The van der Waals surface area contributed by atoms with Crippen molar-refractivity contribution in [2.45, 2.75) is 38.7 Å². The maximum Gasteiger partial charge on any atom is 0.170 e. The Labute approximate surface area is 113 Å². The van der Waals surface area contributed by atoms with E-state index in [0.717, 1.165) is 10.9 Å². The maximum atomic E-state index is 12.1. The predicted molar refractivity (Wildman–Crippen MR) is 76.0 cm³/mol. The van der Waals surface area contributed by atoms with Crippen molar-refractivity contribution in [2.75, 3.05) is 0 Å². The maximum absolute atomic E-state index is 12.1. The lowest BCUT2D eigenvalue weighted by Gasteiger charge is -2.23. The first-order chi connectivity index (χ1) is 9.09. The van der Waals surface area contributed by atoms with Crippen LogP contribution in [0.5, 0.6) is 0 Å². The monoisotopic (exact) mass is 257 g/mol. The Morgan fingerprint density at radius 3 is 2.53 bits per heavy atom. The summed E-state index contributed by atoms with van der Waals surface area (Å²) in [6.07, 6.45) is 1.06. The average Bonchev–Trinajstić information content (AvgIpc) is 2.46. The number of Topliss-reactive ketones (excluding diaryl/α,β-unsaturated/α-hetero) is 1. The van der Waals surface area contributed by atoms with Gasteiger partial charge in [-0.15, -0.1) is 0 Å². The van der Waals surface area contributed by atoms with Gasteiger partial charge in [0.1, 0.15) is 5.60 Å². The first-order valence-electron chi connectivity index (χ1n) is 6.69. The number of nitrogens with zero attached hydrogens (tertiary/aromatic N) is 1. The molecule has 0 radical (unpaired) electrons. The summed E-state index contributed by atoms with van der Waals surface area (Å²) in [6, 6.07) is 11.6. The van der Waals surface area contributed by atoms with Gasteiger partial charge >= 0.3 is 0 Å². The molecule has 0 amide bonds. The Bertz CT molecular complexity index is 588. The number of ketones is 1. The van der Waals surface area contributed by atoms with E-state index in [4.69, 9.17) is 0 Å². The number of aliphatic hydroxyl groups is 1. The summed E-state index contributed by atoms with van der Waals surface area (Å²) in [5, 5.41) is 11.3. The lowest BCUT2D eigenvalue weighted by molar-refractivity contribution is -0.137. The third-order valence-electron chi connectivity index (χ3n) is 3.69. The minimum absolute atomic E-state index is 0.153. The molecule has 0 unspecified atom stereocenters. The zero-order chi connectivity index (χ0) is 13.9. The number of carbonyl (C=O) groups excluding carboxylic acids is 1. The summed E-state index contributed by atoms with van der Waals surface area (Å²) in [5.74, 6) is -0.153. The fraction of sp³-hybridized carbons (Fsp3) is 0.375. The molecule has 0 atom stereocenters. The van der Waals surface area contributed by atoms with Crippen LogP contribution in [0, 0.1) is 0 Å². The van der Waals surface area contributed by atoms with E-state index in [0.29, 0.717) is 18.5 Å². The third-order valence-corrected chi connectivity index (χ3v) is 3.69. The molecule has 0 aliphatic heterocycles. The van der Waals surface area contributed by atoms with Gasteiger partial charge in [-0.2, -0.15) is 0 Å². The van der Waals surface area contributed by atoms with E-state index in [1.54, 1.807) is 0 Å². The molecule has 1 heterocycles. The molecule has 3 heteroatoms. The highest BCUT2D eigenvalue weighted by atomic mass is 16.3. The van der Waals surface area contributed by atoms with E-state index in [-0.39, 0.29) is 12.2 Å². The van der Waals surface area contributed by atoms with Gasteiger partial charge in [0, 0.05) is 11.1 Å². The van der Waals surface area contributed by atoms with Crippen LogP contribution in [0.15, 0.2) is 36.4 Å². The Morgan fingerprint density at radius 2 is 1.84 bits per heavy atom. The zero-order valence-electron chi connectivity index (χ0n) is 11.4. The number of carbonyl (C=O) groups is 1. The largest absolute Gasteiger partial charge is 0.382 e. The summed E-state index contributed by atoms with van der Waals surface area (Å²) >= 11 is 0. The van der Waals surface area contributed by atoms with Crippen molar-refractivity contribution in [3.63, 3.8) is 0 Å². The SMILES string of the molecule is CCC(O)(CC)C(=O)Cc1ccc2ccccc2n1. The second kappa shape index (κ2) is 5.49. The second-order valence-electron chi connectivity index (χ2n) is 4.83. The average molecular weight is 257 g/mol. The van der Waals surface area contributed by atoms with Crippen LogP contribution in [0.3, 0.4) is 0 Å². The third kappa shape index (κ3) is 2.82. The van der Waals surface area contributed by atoms with E-state index in [9.17, 15) is 9.90 Å². The van der Waals surface area contributed by atoms with Crippen molar-refractivity contribution >= 4 is 16.7 Å². The lowest BCUT2D eigenvalue weighted by Crippen LogP contribution is -2.38. The highest BCUT2D eigenvalue weighted by molar-refractivity contribution is 5.89. The fourth-order valence-corrected chi connectivity index (χ4v) is 2.18. The Kier molecular flexibility index (Phi) is 3.96. The Hall–Kier alpha value is -1.74. The van der Waals surface area contributed by atoms with Crippen molar-refractivity contribution in [1.29, 1.82) is 0 Å². The van der Waals surface area contributed by atoms with Gasteiger partial charge in [0.2, 0.25) is 0 Å². The van der Waals surface area contributed by atoms with Crippen LogP contribution in [0.4, 0.5) is 0 Å². The molecule has 19 heavy (non-hydrogen) atoms. The van der Waals surface area contributed by atoms with E-state index in [1.807, 2.05) is 50.2 Å². The van der Waals surface area contributed by atoms with Crippen molar-refractivity contribution in [3.05, 3.63) is 42.1 Å². The molecule has 0 spiro atoms. The van der Waals surface area contributed by atoms with Crippen molar-refractivity contribution in [3.8, 4) is 0 Å². The first-order valence-corrected chi connectivity index (χ1v) is 6.69. The van der Waals surface area contributed by atoms with Gasteiger partial charge in [-0.1, -0.05) is 38.1 Å². The van der Waals surface area contributed by atoms with Gasteiger partial charge in [-0.3, -0.25) is 9.78 Å². The van der Waals surface area contributed by atoms with Gasteiger partial charge in [-0.05, 0) is 25.0 Å². The molecular formula is C16H19NO2. The number of para-hydroxylation sites is 1. The van der Waals surface area contributed by atoms with Crippen LogP contribution in [-0.4, -0.2) is 21.5 Å². The van der Waals surface area contributed by atoms with Crippen molar-refractivity contribution in [2.24, 2.45) is 0 Å². The number of hydrogen-bond donors (Lipinski definition) is 1. The van der Waals surface area contributed by atoms with Crippen LogP contribution in [0.25, 0.3) is 10.9 Å². The number of benzene rings is 1. The zero-order valence-corrected chi connectivity index (χ0v) is 11.4. The van der Waals surface area contributed by atoms with Crippen molar-refractivity contribution in [1.82, 2.24) is 4.98 Å². The second-order valence-corrected chi connectivity index (χ2v) is 4.83. The van der Waals surface area contributed by atoms with Gasteiger partial charge < -0.3 is 5.11 Å². The molecule has 1 aromatic carbocycles. The van der Waals surface area contributed by atoms with E-state index in [2.05, 4.69) is 4.98 Å². The van der Waals surface area contributed by atoms with Gasteiger partial charge in [-0.25, -0.2) is 0 Å². The first kappa shape index (κ1) is 13.7. The molecule has 100 valence electrons. The summed E-state index contributed by atoms with van der Waals surface area (Å²) < 4.78 is 0. The molecule has 2 rings (SSSR count). The van der Waals surface area contributed by atoms with Crippen LogP contribution < -0.4 is 0 Å². The molecule has 1 N–H and O–H groups in total. The molecule has 0 saturated carbocycles. The minimum Gasteiger partial charge on any atom is -0.382 e. The number of rotatable bonds is 5. The van der Waals surface area contributed by atoms with E-state index < -0.39 is 5.60 Å². The smallest absolute Gasteiger partial charge is 0.170 e. The van der Waals surface area contributed by atoms with Crippen LogP contribution in [0.2, 0.25) is 0 Å². The predicted octanol–water partition coefficient (Wildman–Crippen LogP) is 2.90. The molecule has 0 aliphatic rings. The van der Waals surface area contributed by atoms with Crippen LogP contribution in [0.1, 0.15) is 32.4 Å². The van der Waals surface area contributed by atoms with E-state index >= 15 is 0 Å². The Balaban J connectivity index is 2.24. The topological polar surface area (TPSA) is 50.2 Å². The number of aromatic nitrogens is 1. The Morgan fingerprint density at radius 1 is 1.16 bits per heavy atom. The van der Waals surface area contributed by atoms with Crippen molar-refractivity contribution < 1.29 is 9.90 Å². The summed E-state index contributed by atoms with van der Waals surface area (Å²) in [6.45, 7) is 3.66. The van der Waals surface area contributed by atoms with Gasteiger partial charge in [0.15, 0.2) is 5.78 Å². The molecule has 0 fully saturated rings. The fourth-order valence-electron chi connectivity index (χ4n) is 2.18. The molecule has 0 bridgehead atoms. The molecule has 2 aromatic rings. The lowest BCUT2D eigenvalue weighted by atomic mass is 9.89. The normalized spacial score (nSPS) is 11.7. The highest BCUT2D eigenvalue weighted by Gasteiger charge is 2.31. The molecule has 3 nitrogen and oxygen atoms in total. The molecule has 0 aliphatic carbocycles. The minimum atomic E-state index is -1.21. The summed E-state index contributed by atoms with van der Waals surface area (Å²) in [7, 11) is 0. The number of pyridine rings is 1. The van der Waals surface area contributed by atoms with E-state index in [1.165, 1.54) is 0 Å². The van der Waals surface area contributed by atoms with Gasteiger partial charge in [0.05, 0.1) is 11.9 Å². The summed E-state index contributed by atoms with van der Waals surface area (Å²) in [4.78, 5) is 16.6. The summed E-state index contributed by atoms with van der Waals surface area (Å²) in [5.41, 5.74) is 0.376. The van der Waals surface area contributed by atoms with Crippen LogP contribution in [-0.2, 0) is 11.2 Å². The standard InChI is InChI=1S/C16H19NO2/c1-3-16(19,4-2)15(18)11-13-10-9-12-7-5-6-8-14(12)17-13/h5-10,19H,3-4,11H2,1-2H3. The quantitative estimate of drug-likeness (QED) is 0.896. The molecular weight excluding hydrogens is 238 g/mol.